The summed E-state index contributed by atoms with van der Waals surface area (Å²) in [7, 11) is 3.22. The Hall–Kier alpha value is -2.28. The Labute approximate surface area is 153 Å². The van der Waals surface area contributed by atoms with Crippen LogP contribution in [0, 0.1) is 0 Å². The number of carbonyl (C=O) groups is 2. The number of benzene rings is 1. The Morgan fingerprint density at radius 1 is 1.15 bits per heavy atom. The zero-order valence-electron chi connectivity index (χ0n) is 15.3. The van der Waals surface area contributed by atoms with Crippen molar-refractivity contribution < 1.29 is 24.2 Å². The first-order valence-corrected chi connectivity index (χ1v) is 9.03. The molecule has 0 aliphatic carbocycles. The van der Waals surface area contributed by atoms with Gasteiger partial charge in [0, 0.05) is 18.2 Å². The molecule has 2 aliphatic rings. The molecule has 2 fully saturated rings. The van der Waals surface area contributed by atoms with Crippen LogP contribution in [0.2, 0.25) is 0 Å². The minimum Gasteiger partial charge on any atom is -0.497 e. The summed E-state index contributed by atoms with van der Waals surface area (Å²) in [6, 6.07) is 5.06. The number of hydrogen-bond acceptors (Lipinski definition) is 5. The van der Waals surface area contributed by atoms with E-state index >= 15 is 0 Å². The van der Waals surface area contributed by atoms with Crippen LogP contribution in [0.3, 0.4) is 0 Å². The highest BCUT2D eigenvalue weighted by Crippen LogP contribution is 2.38. The van der Waals surface area contributed by atoms with Crippen LogP contribution < -0.4 is 9.47 Å². The Balaban J connectivity index is 1.76. The SMILES string of the molecule is COc1ccc(C2CCCN2C(=O)CN2CCC[C@H]2C(=O)O)c(OC)c1. The van der Waals surface area contributed by atoms with Crippen molar-refractivity contribution in [2.75, 3.05) is 33.9 Å². The first kappa shape index (κ1) is 18.5. The molecule has 2 atom stereocenters. The number of carboxylic acids is 1. The minimum absolute atomic E-state index is 0.0153. The van der Waals surface area contributed by atoms with Crippen LogP contribution in [-0.4, -0.2) is 66.7 Å². The van der Waals surface area contributed by atoms with Gasteiger partial charge in [0.1, 0.15) is 17.5 Å². The van der Waals surface area contributed by atoms with Crippen molar-refractivity contribution in [3.05, 3.63) is 23.8 Å². The molecule has 142 valence electrons. The molecule has 1 N–H and O–H groups in total. The molecule has 7 nitrogen and oxygen atoms in total. The van der Waals surface area contributed by atoms with Crippen LogP contribution >= 0.6 is 0 Å². The maximum Gasteiger partial charge on any atom is 0.320 e. The summed E-state index contributed by atoms with van der Waals surface area (Å²) < 4.78 is 10.8. The summed E-state index contributed by atoms with van der Waals surface area (Å²) in [5.74, 6) is 0.560. The van der Waals surface area contributed by atoms with E-state index in [2.05, 4.69) is 0 Å². The first-order chi connectivity index (χ1) is 12.5. The third kappa shape index (κ3) is 3.62. The zero-order valence-corrected chi connectivity index (χ0v) is 15.3. The van der Waals surface area contributed by atoms with Crippen LogP contribution in [0.25, 0.3) is 0 Å². The molecule has 1 aromatic carbocycles. The van der Waals surface area contributed by atoms with Crippen molar-refractivity contribution in [3.63, 3.8) is 0 Å². The van der Waals surface area contributed by atoms with Crippen LogP contribution in [0.1, 0.15) is 37.3 Å². The first-order valence-electron chi connectivity index (χ1n) is 9.03. The van der Waals surface area contributed by atoms with E-state index < -0.39 is 12.0 Å². The summed E-state index contributed by atoms with van der Waals surface area (Å²) >= 11 is 0. The summed E-state index contributed by atoms with van der Waals surface area (Å²) in [5.41, 5.74) is 0.968. The number of rotatable bonds is 6. The maximum atomic E-state index is 12.9. The van der Waals surface area contributed by atoms with Crippen LogP contribution in [0.15, 0.2) is 18.2 Å². The molecule has 0 radical (unpaired) electrons. The standard InChI is InChI=1S/C19H26N2O5/c1-25-13-7-8-14(17(11-13)26-2)15-5-4-10-21(15)18(22)12-20-9-3-6-16(20)19(23)24/h7-8,11,15-16H,3-6,9-10,12H2,1-2H3,(H,23,24)/t15?,16-/m0/s1. The van der Waals surface area contributed by atoms with Gasteiger partial charge in [0.15, 0.2) is 0 Å². The quantitative estimate of drug-likeness (QED) is 0.833. The van der Waals surface area contributed by atoms with Gasteiger partial charge in [-0.2, -0.15) is 0 Å². The Kier molecular flexibility index (Phi) is 5.66. The third-order valence-electron chi connectivity index (χ3n) is 5.36. The van der Waals surface area contributed by atoms with E-state index in [9.17, 15) is 14.7 Å². The Bertz CT molecular complexity index is 678. The van der Waals surface area contributed by atoms with Gasteiger partial charge in [0.2, 0.25) is 5.91 Å². The number of nitrogens with zero attached hydrogens (tertiary/aromatic N) is 2. The number of methoxy groups -OCH3 is 2. The number of carboxylic acid groups (broad SMARTS) is 1. The average molecular weight is 362 g/mol. The van der Waals surface area contributed by atoms with E-state index in [1.54, 1.807) is 19.1 Å². The van der Waals surface area contributed by atoms with Gasteiger partial charge in [-0.25, -0.2) is 0 Å². The number of carbonyl (C=O) groups excluding carboxylic acids is 1. The molecular formula is C19H26N2O5. The van der Waals surface area contributed by atoms with E-state index in [4.69, 9.17) is 9.47 Å². The predicted octanol–water partition coefficient (Wildman–Crippen LogP) is 1.92. The maximum absolute atomic E-state index is 12.9. The highest BCUT2D eigenvalue weighted by Gasteiger charge is 2.36. The summed E-state index contributed by atoms with van der Waals surface area (Å²) in [5, 5.41) is 9.31. The molecule has 1 aromatic rings. The molecule has 26 heavy (non-hydrogen) atoms. The fraction of sp³-hybridized carbons (Fsp3) is 0.579. The van der Waals surface area contributed by atoms with Crippen molar-refractivity contribution in [2.24, 2.45) is 0 Å². The number of hydrogen-bond donors (Lipinski definition) is 1. The molecular weight excluding hydrogens is 336 g/mol. The van der Waals surface area contributed by atoms with Crippen molar-refractivity contribution in [2.45, 2.75) is 37.8 Å². The van der Waals surface area contributed by atoms with E-state index in [0.717, 1.165) is 24.8 Å². The molecule has 1 unspecified atom stereocenters. The Morgan fingerprint density at radius 3 is 2.62 bits per heavy atom. The third-order valence-corrected chi connectivity index (χ3v) is 5.36. The van der Waals surface area contributed by atoms with Gasteiger partial charge in [-0.15, -0.1) is 0 Å². The van der Waals surface area contributed by atoms with Crippen molar-refractivity contribution in [3.8, 4) is 11.5 Å². The second-order valence-corrected chi connectivity index (χ2v) is 6.82. The molecule has 0 aromatic heterocycles. The molecule has 0 bridgehead atoms. The van der Waals surface area contributed by atoms with Gasteiger partial charge in [0.05, 0.1) is 26.8 Å². The lowest BCUT2D eigenvalue weighted by atomic mass is 10.0. The summed E-state index contributed by atoms with van der Waals surface area (Å²) in [4.78, 5) is 27.9. The highest BCUT2D eigenvalue weighted by molar-refractivity contribution is 5.81. The molecule has 1 amide bonds. The summed E-state index contributed by atoms with van der Waals surface area (Å²) in [6.45, 7) is 1.50. The summed E-state index contributed by atoms with van der Waals surface area (Å²) in [6.07, 6.45) is 3.23. The van der Waals surface area contributed by atoms with E-state index in [0.29, 0.717) is 31.0 Å². The monoisotopic (exact) mass is 362 g/mol. The Morgan fingerprint density at radius 2 is 1.92 bits per heavy atom. The number of likely N-dealkylation sites (tertiary alicyclic amines) is 2. The fourth-order valence-electron chi connectivity index (χ4n) is 4.04. The number of aliphatic carboxylic acids is 1. The molecule has 2 heterocycles. The minimum atomic E-state index is -0.843. The lowest BCUT2D eigenvalue weighted by Crippen LogP contribution is -2.44. The molecule has 0 saturated carbocycles. The molecule has 0 spiro atoms. The second kappa shape index (κ2) is 7.95. The normalized spacial score (nSPS) is 23.2. The van der Waals surface area contributed by atoms with Crippen molar-refractivity contribution >= 4 is 11.9 Å². The van der Waals surface area contributed by atoms with Gasteiger partial charge in [0.25, 0.3) is 0 Å². The largest absolute Gasteiger partial charge is 0.497 e. The van der Waals surface area contributed by atoms with Gasteiger partial charge >= 0.3 is 5.97 Å². The number of amides is 1. The smallest absolute Gasteiger partial charge is 0.320 e. The average Bonchev–Trinajstić information content (AvgIpc) is 3.30. The van der Waals surface area contributed by atoms with E-state index in [1.165, 1.54) is 0 Å². The van der Waals surface area contributed by atoms with E-state index in [-0.39, 0.29) is 18.5 Å². The molecule has 2 saturated heterocycles. The topological polar surface area (TPSA) is 79.3 Å². The lowest BCUT2D eigenvalue weighted by molar-refractivity contribution is -0.143. The van der Waals surface area contributed by atoms with Crippen molar-refractivity contribution in [1.82, 2.24) is 9.80 Å². The second-order valence-electron chi connectivity index (χ2n) is 6.82. The molecule has 7 heteroatoms. The van der Waals surface area contributed by atoms with Crippen LogP contribution in [0.5, 0.6) is 11.5 Å². The highest BCUT2D eigenvalue weighted by atomic mass is 16.5. The van der Waals surface area contributed by atoms with Gasteiger partial charge in [-0.1, -0.05) is 0 Å². The van der Waals surface area contributed by atoms with Crippen molar-refractivity contribution in [1.29, 1.82) is 0 Å². The van der Waals surface area contributed by atoms with Gasteiger partial charge < -0.3 is 19.5 Å². The fourth-order valence-corrected chi connectivity index (χ4v) is 4.04. The van der Waals surface area contributed by atoms with E-state index in [1.807, 2.05) is 23.1 Å². The van der Waals surface area contributed by atoms with Gasteiger partial charge in [-0.05, 0) is 44.4 Å². The zero-order chi connectivity index (χ0) is 18.7. The van der Waals surface area contributed by atoms with Gasteiger partial charge in [-0.3, -0.25) is 14.5 Å². The predicted molar refractivity (Wildman–Crippen MR) is 95.5 cm³/mol. The van der Waals surface area contributed by atoms with Crippen LogP contribution in [0.4, 0.5) is 0 Å². The lowest BCUT2D eigenvalue weighted by Gasteiger charge is -2.29. The molecule has 3 rings (SSSR count). The molecule has 2 aliphatic heterocycles. The van der Waals surface area contributed by atoms with Crippen LogP contribution in [-0.2, 0) is 9.59 Å². The number of ether oxygens (including phenoxy) is 2.